The Labute approximate surface area is 195 Å². The molecule has 5 heterocycles. The molecule has 6 atom stereocenters. The van der Waals surface area contributed by atoms with Gasteiger partial charge >= 0.3 is 6.09 Å². The van der Waals surface area contributed by atoms with Crippen molar-refractivity contribution in [2.24, 2.45) is 10.4 Å². The molecule has 11 heteroatoms. The van der Waals surface area contributed by atoms with Crippen molar-refractivity contribution in [3.8, 4) is 0 Å². The van der Waals surface area contributed by atoms with E-state index in [1.165, 1.54) is 4.90 Å². The van der Waals surface area contributed by atoms with Crippen LogP contribution >= 0.6 is 0 Å². The number of anilines is 2. The number of nitrogens with zero attached hydrogens (tertiary/aromatic N) is 4. The molecule has 34 heavy (non-hydrogen) atoms. The van der Waals surface area contributed by atoms with Gasteiger partial charge in [0, 0.05) is 24.7 Å². The van der Waals surface area contributed by atoms with Gasteiger partial charge in [-0.15, -0.1) is 0 Å². The molecule has 1 amide bonds. The number of carbonyl (C=O) groups is 1. The van der Waals surface area contributed by atoms with E-state index in [0.29, 0.717) is 37.3 Å². The van der Waals surface area contributed by atoms with Gasteiger partial charge in [-0.2, -0.15) is 0 Å². The molecule has 2 fully saturated rings. The highest BCUT2D eigenvalue weighted by molar-refractivity contribution is 6.01. The molecule has 2 aromatic rings. The molecule has 0 radical (unpaired) electrons. The summed E-state index contributed by atoms with van der Waals surface area (Å²) in [4.78, 5) is 20.4. The second kappa shape index (κ2) is 7.62. The SMILES string of the molecule is C[C@@H]1CN2c3c(cc4c(N5C(=O)OC[C@@H]5[C@@H](C)O)noc4c3F)CC3(C=NCNC3)[C@H]2[C@H](C)O1. The lowest BCUT2D eigenvalue weighted by Gasteiger charge is -2.56. The van der Waals surface area contributed by atoms with E-state index in [9.17, 15) is 9.90 Å². The largest absolute Gasteiger partial charge is 0.447 e. The van der Waals surface area contributed by atoms with Crippen molar-refractivity contribution in [1.29, 1.82) is 0 Å². The molecule has 0 aliphatic carbocycles. The number of aliphatic hydroxyl groups is 1. The van der Waals surface area contributed by atoms with E-state index >= 15 is 4.39 Å². The minimum atomic E-state index is -0.856. The number of benzene rings is 1. The maximum atomic E-state index is 16.1. The number of amides is 1. The van der Waals surface area contributed by atoms with Crippen molar-refractivity contribution in [2.45, 2.75) is 57.6 Å². The highest BCUT2D eigenvalue weighted by Crippen LogP contribution is 2.48. The Morgan fingerprint density at radius 3 is 2.94 bits per heavy atom. The molecule has 182 valence electrons. The third-order valence-corrected chi connectivity index (χ3v) is 7.51. The predicted octanol–water partition coefficient (Wildman–Crippen LogP) is 1.83. The number of cyclic esters (lactones) is 1. The topological polar surface area (TPSA) is 113 Å². The maximum Gasteiger partial charge on any atom is 0.416 e. The number of rotatable bonds is 2. The van der Waals surface area contributed by atoms with Crippen LogP contribution in [0.1, 0.15) is 26.3 Å². The highest BCUT2D eigenvalue weighted by Gasteiger charge is 2.53. The Hall–Kier alpha value is -2.76. The highest BCUT2D eigenvalue weighted by atomic mass is 19.1. The van der Waals surface area contributed by atoms with Gasteiger partial charge in [-0.25, -0.2) is 14.1 Å². The molecule has 0 bridgehead atoms. The molecule has 2 saturated heterocycles. The molecule has 4 aliphatic rings. The Morgan fingerprint density at radius 2 is 2.21 bits per heavy atom. The minimum Gasteiger partial charge on any atom is -0.447 e. The number of fused-ring (bicyclic) bond motifs is 5. The molecule has 1 aromatic heterocycles. The lowest BCUT2D eigenvalue weighted by atomic mass is 9.68. The molecule has 0 saturated carbocycles. The zero-order valence-corrected chi connectivity index (χ0v) is 19.3. The van der Waals surface area contributed by atoms with Crippen molar-refractivity contribution < 1.29 is 28.3 Å². The van der Waals surface area contributed by atoms with Gasteiger partial charge < -0.3 is 24.0 Å². The minimum absolute atomic E-state index is 0.0188. The van der Waals surface area contributed by atoms with E-state index in [4.69, 9.17) is 14.0 Å². The summed E-state index contributed by atoms with van der Waals surface area (Å²) in [6.45, 7) is 7.38. The average Bonchev–Trinajstić information content (AvgIpc) is 3.36. The quantitative estimate of drug-likeness (QED) is 0.680. The van der Waals surface area contributed by atoms with Crippen molar-refractivity contribution in [3.63, 3.8) is 0 Å². The van der Waals surface area contributed by atoms with E-state index in [2.05, 4.69) is 20.4 Å². The van der Waals surface area contributed by atoms with E-state index < -0.39 is 24.1 Å². The second-order valence-electron chi connectivity index (χ2n) is 9.89. The molecule has 6 rings (SSSR count). The summed E-state index contributed by atoms with van der Waals surface area (Å²) in [5.41, 5.74) is 0.887. The molecule has 2 N–H and O–H groups in total. The van der Waals surface area contributed by atoms with Gasteiger partial charge in [0.15, 0.2) is 11.6 Å². The van der Waals surface area contributed by atoms with Crippen LogP contribution in [0.15, 0.2) is 15.6 Å². The van der Waals surface area contributed by atoms with Crippen LogP contribution in [0.4, 0.5) is 20.7 Å². The summed E-state index contributed by atoms with van der Waals surface area (Å²) in [5, 5.41) is 17.9. The average molecular weight is 474 g/mol. The number of carbonyl (C=O) groups excluding carboxylic acids is 1. The third kappa shape index (κ3) is 2.99. The van der Waals surface area contributed by atoms with Crippen molar-refractivity contribution >= 4 is 34.8 Å². The van der Waals surface area contributed by atoms with Gasteiger partial charge in [0.25, 0.3) is 0 Å². The molecule has 1 spiro atoms. The molecular weight excluding hydrogens is 445 g/mol. The first-order valence-corrected chi connectivity index (χ1v) is 11.7. The van der Waals surface area contributed by atoms with E-state index in [-0.39, 0.29) is 41.7 Å². The fraction of sp³-hybridized carbons (Fsp3) is 0.609. The number of hydrogen-bond donors (Lipinski definition) is 2. The number of hydrogen-bond acceptors (Lipinski definition) is 9. The van der Waals surface area contributed by atoms with Gasteiger partial charge in [-0.3, -0.25) is 10.3 Å². The van der Waals surface area contributed by atoms with Crippen LogP contribution in [-0.2, 0) is 15.9 Å². The lowest BCUT2D eigenvalue weighted by molar-refractivity contribution is -0.0522. The molecular formula is C23H28FN5O5. The zero-order valence-electron chi connectivity index (χ0n) is 19.3. The number of aliphatic imine (C=N–C) groups is 1. The molecule has 1 aromatic carbocycles. The fourth-order valence-corrected chi connectivity index (χ4v) is 6.23. The van der Waals surface area contributed by atoms with E-state index in [1.54, 1.807) is 6.92 Å². The second-order valence-corrected chi connectivity index (χ2v) is 9.89. The van der Waals surface area contributed by atoms with Crippen molar-refractivity contribution in [2.75, 3.05) is 36.2 Å². The summed E-state index contributed by atoms with van der Waals surface area (Å²) in [6, 6.07) is 1.12. The Bertz CT molecular complexity index is 1180. The Balaban J connectivity index is 1.54. The van der Waals surface area contributed by atoms with Crippen LogP contribution in [0.2, 0.25) is 0 Å². The van der Waals surface area contributed by atoms with Gasteiger partial charge in [0.2, 0.25) is 5.58 Å². The first kappa shape index (κ1) is 21.8. The third-order valence-electron chi connectivity index (χ3n) is 7.51. The molecule has 4 aliphatic heterocycles. The smallest absolute Gasteiger partial charge is 0.416 e. The van der Waals surface area contributed by atoms with Crippen LogP contribution in [0.3, 0.4) is 0 Å². The maximum absolute atomic E-state index is 16.1. The van der Waals surface area contributed by atoms with E-state index in [1.807, 2.05) is 26.1 Å². The molecule has 10 nitrogen and oxygen atoms in total. The Kier molecular flexibility index (Phi) is 4.88. The summed E-state index contributed by atoms with van der Waals surface area (Å²) < 4.78 is 32.9. The number of aliphatic hydroxyl groups excluding tert-OH is 1. The van der Waals surface area contributed by atoms with Gasteiger partial charge in [-0.1, -0.05) is 5.16 Å². The summed E-state index contributed by atoms with van der Waals surface area (Å²) in [7, 11) is 0. The normalized spacial score (nSPS) is 33.9. The fourth-order valence-electron chi connectivity index (χ4n) is 6.23. The summed E-state index contributed by atoms with van der Waals surface area (Å²) in [6.07, 6.45) is 0.840. The lowest BCUT2D eigenvalue weighted by Crippen LogP contribution is -2.67. The van der Waals surface area contributed by atoms with Gasteiger partial charge in [0.05, 0.1) is 42.1 Å². The van der Waals surface area contributed by atoms with E-state index in [0.717, 1.165) is 5.56 Å². The zero-order chi connectivity index (χ0) is 23.8. The standard InChI is InChI=1S/C23H28FN5O5/c1-11-6-28-18-14(5-23(8-25-10-26-9-23)20(28)13(3)33-11)4-15-19(17(18)24)34-27-21(15)29-16(12(2)30)7-32-22(29)31/h4,8,11-13,16,20,26,30H,5-7,9-10H2,1-3H3/t11-,12-,13+,16-,20-,23?/m1/s1. The summed E-state index contributed by atoms with van der Waals surface area (Å²) >= 11 is 0. The van der Waals surface area contributed by atoms with Gasteiger partial charge in [-0.05, 0) is 38.8 Å². The number of halogens is 1. The predicted molar refractivity (Wildman–Crippen MR) is 122 cm³/mol. The number of morpholine rings is 1. The van der Waals surface area contributed by atoms with Crippen LogP contribution in [0.25, 0.3) is 11.0 Å². The number of nitrogens with one attached hydrogen (secondary N) is 1. The number of aromatic nitrogens is 1. The summed E-state index contributed by atoms with van der Waals surface area (Å²) in [5.74, 6) is -0.352. The van der Waals surface area contributed by atoms with Gasteiger partial charge in [0.1, 0.15) is 12.6 Å². The Morgan fingerprint density at radius 1 is 1.38 bits per heavy atom. The first-order chi connectivity index (χ1) is 16.3. The van der Waals surface area contributed by atoms with Crippen LogP contribution in [-0.4, -0.2) is 79.3 Å². The van der Waals surface area contributed by atoms with Crippen LogP contribution in [0, 0.1) is 11.2 Å². The van der Waals surface area contributed by atoms with Crippen molar-refractivity contribution in [1.82, 2.24) is 10.5 Å². The molecule has 1 unspecified atom stereocenters. The number of ether oxygens (including phenoxy) is 2. The monoisotopic (exact) mass is 473 g/mol. The first-order valence-electron chi connectivity index (χ1n) is 11.7. The van der Waals surface area contributed by atoms with Crippen molar-refractivity contribution in [3.05, 3.63) is 17.4 Å². The van der Waals surface area contributed by atoms with Crippen LogP contribution < -0.4 is 15.1 Å². The van der Waals surface area contributed by atoms with Crippen LogP contribution in [0.5, 0.6) is 0 Å².